The van der Waals surface area contributed by atoms with Crippen molar-refractivity contribution in [2.75, 3.05) is 20.3 Å². The van der Waals surface area contributed by atoms with Crippen molar-refractivity contribution in [2.45, 2.75) is 13.0 Å². The summed E-state index contributed by atoms with van der Waals surface area (Å²) in [7, 11) is 1.60. The van der Waals surface area contributed by atoms with Crippen LogP contribution in [0.1, 0.15) is 6.92 Å². The van der Waals surface area contributed by atoms with Crippen molar-refractivity contribution in [1.29, 1.82) is 0 Å². The highest BCUT2D eigenvalue weighted by Crippen LogP contribution is 2.30. The van der Waals surface area contributed by atoms with Crippen molar-refractivity contribution < 1.29 is 14.3 Å². The molecular formula is C21H22N2O3. The Morgan fingerprint density at radius 2 is 1.85 bits per heavy atom. The molecule has 0 saturated heterocycles. The van der Waals surface area contributed by atoms with Crippen molar-refractivity contribution in [2.24, 2.45) is 0 Å². The standard InChI is InChI=1S/C21H22N2O3/c1-15(21(24)22-12-13-25-2)26-20-14-19(16-8-4-3-5-9-16)23-18-11-7-6-10-17(18)20/h3-11,14-15H,12-13H2,1-2H3,(H,22,24). The van der Waals surface area contributed by atoms with E-state index >= 15 is 0 Å². The zero-order valence-electron chi connectivity index (χ0n) is 14.9. The van der Waals surface area contributed by atoms with Crippen LogP contribution < -0.4 is 10.1 Å². The maximum Gasteiger partial charge on any atom is 0.260 e. The first-order chi connectivity index (χ1) is 12.7. The van der Waals surface area contributed by atoms with Gasteiger partial charge < -0.3 is 14.8 Å². The van der Waals surface area contributed by atoms with E-state index in [1.807, 2.05) is 60.7 Å². The normalized spacial score (nSPS) is 11.9. The Morgan fingerprint density at radius 3 is 2.62 bits per heavy atom. The molecule has 1 heterocycles. The number of benzene rings is 2. The molecule has 134 valence electrons. The summed E-state index contributed by atoms with van der Waals surface area (Å²) in [4.78, 5) is 16.9. The van der Waals surface area contributed by atoms with Crippen LogP contribution in [0.15, 0.2) is 60.7 Å². The summed E-state index contributed by atoms with van der Waals surface area (Å²) in [6.07, 6.45) is -0.624. The molecule has 1 amide bonds. The fourth-order valence-corrected chi connectivity index (χ4v) is 2.66. The second kappa shape index (κ2) is 8.45. The first kappa shape index (κ1) is 17.9. The number of rotatable bonds is 7. The average Bonchev–Trinajstić information content (AvgIpc) is 2.68. The molecule has 0 spiro atoms. The number of carbonyl (C=O) groups is 1. The predicted octanol–water partition coefficient (Wildman–Crippen LogP) is 3.43. The van der Waals surface area contributed by atoms with Crippen LogP contribution in [-0.2, 0) is 9.53 Å². The molecule has 1 unspecified atom stereocenters. The van der Waals surface area contributed by atoms with Gasteiger partial charge >= 0.3 is 0 Å². The van der Waals surface area contributed by atoms with Crippen molar-refractivity contribution in [3.63, 3.8) is 0 Å². The quantitative estimate of drug-likeness (QED) is 0.663. The Balaban J connectivity index is 1.90. The van der Waals surface area contributed by atoms with Crippen LogP contribution in [0.5, 0.6) is 5.75 Å². The van der Waals surface area contributed by atoms with Crippen LogP contribution in [0.4, 0.5) is 0 Å². The smallest absolute Gasteiger partial charge is 0.260 e. The lowest BCUT2D eigenvalue weighted by Gasteiger charge is -2.17. The maximum atomic E-state index is 12.2. The molecular weight excluding hydrogens is 328 g/mol. The summed E-state index contributed by atoms with van der Waals surface area (Å²) in [6.45, 7) is 2.66. The minimum atomic E-state index is -0.624. The van der Waals surface area contributed by atoms with Gasteiger partial charge in [-0.05, 0) is 19.1 Å². The van der Waals surface area contributed by atoms with Crippen LogP contribution in [0.3, 0.4) is 0 Å². The molecule has 0 bridgehead atoms. The highest BCUT2D eigenvalue weighted by Gasteiger charge is 2.17. The Hall–Kier alpha value is -2.92. The van der Waals surface area contributed by atoms with Crippen molar-refractivity contribution in [1.82, 2.24) is 10.3 Å². The zero-order valence-corrected chi connectivity index (χ0v) is 14.9. The van der Waals surface area contributed by atoms with E-state index in [1.54, 1.807) is 14.0 Å². The van der Waals surface area contributed by atoms with E-state index in [1.165, 1.54) is 0 Å². The van der Waals surface area contributed by atoms with Gasteiger partial charge in [0.1, 0.15) is 5.75 Å². The number of pyridine rings is 1. The number of aromatic nitrogens is 1. The van der Waals surface area contributed by atoms with Crippen LogP contribution in [0, 0.1) is 0 Å². The van der Waals surface area contributed by atoms with Crippen LogP contribution >= 0.6 is 0 Å². The zero-order chi connectivity index (χ0) is 18.4. The SMILES string of the molecule is COCCNC(=O)C(C)Oc1cc(-c2ccccc2)nc2ccccc12. The molecule has 5 nitrogen and oxygen atoms in total. The minimum absolute atomic E-state index is 0.177. The first-order valence-corrected chi connectivity index (χ1v) is 8.57. The largest absolute Gasteiger partial charge is 0.480 e. The lowest BCUT2D eigenvalue weighted by molar-refractivity contribution is -0.127. The minimum Gasteiger partial charge on any atom is -0.480 e. The molecule has 1 aromatic heterocycles. The van der Waals surface area contributed by atoms with Gasteiger partial charge in [0, 0.05) is 30.7 Å². The lowest BCUT2D eigenvalue weighted by atomic mass is 10.1. The molecule has 3 rings (SSSR count). The second-order valence-corrected chi connectivity index (χ2v) is 5.93. The van der Waals surface area contributed by atoms with E-state index in [0.717, 1.165) is 22.2 Å². The Kier molecular flexibility index (Phi) is 5.81. The van der Waals surface area contributed by atoms with Gasteiger partial charge in [0.25, 0.3) is 5.91 Å². The fourth-order valence-electron chi connectivity index (χ4n) is 2.66. The number of hydrogen-bond acceptors (Lipinski definition) is 4. The van der Waals surface area contributed by atoms with Gasteiger partial charge in [-0.25, -0.2) is 4.98 Å². The topological polar surface area (TPSA) is 60.5 Å². The average molecular weight is 350 g/mol. The fraction of sp³-hybridized carbons (Fsp3) is 0.238. The molecule has 0 radical (unpaired) electrons. The third-order valence-electron chi connectivity index (χ3n) is 4.03. The van der Waals surface area contributed by atoms with Gasteiger partial charge in [-0.2, -0.15) is 0 Å². The van der Waals surface area contributed by atoms with Crippen molar-refractivity contribution >= 4 is 16.8 Å². The van der Waals surface area contributed by atoms with Gasteiger partial charge in [-0.1, -0.05) is 42.5 Å². The number of para-hydroxylation sites is 1. The van der Waals surface area contributed by atoms with E-state index < -0.39 is 6.10 Å². The van der Waals surface area contributed by atoms with Gasteiger partial charge in [-0.15, -0.1) is 0 Å². The lowest BCUT2D eigenvalue weighted by Crippen LogP contribution is -2.38. The number of ether oxygens (including phenoxy) is 2. The maximum absolute atomic E-state index is 12.2. The number of fused-ring (bicyclic) bond motifs is 1. The Bertz CT molecular complexity index is 881. The molecule has 2 aromatic carbocycles. The van der Waals surface area contributed by atoms with E-state index in [0.29, 0.717) is 18.9 Å². The Labute approximate surface area is 153 Å². The van der Waals surface area contributed by atoms with Crippen molar-refractivity contribution in [3.05, 3.63) is 60.7 Å². The Morgan fingerprint density at radius 1 is 1.12 bits per heavy atom. The van der Waals surface area contributed by atoms with Gasteiger partial charge in [0.05, 0.1) is 17.8 Å². The summed E-state index contributed by atoms with van der Waals surface area (Å²) < 4.78 is 10.9. The highest BCUT2D eigenvalue weighted by atomic mass is 16.5. The van der Waals surface area contributed by atoms with Crippen LogP contribution in [0.2, 0.25) is 0 Å². The summed E-state index contributed by atoms with van der Waals surface area (Å²) >= 11 is 0. The molecule has 0 aliphatic heterocycles. The van der Waals surface area contributed by atoms with Gasteiger partial charge in [0.15, 0.2) is 6.10 Å². The summed E-state index contributed by atoms with van der Waals surface area (Å²) in [5.41, 5.74) is 2.64. The molecule has 1 atom stereocenters. The molecule has 0 aliphatic carbocycles. The van der Waals surface area contributed by atoms with E-state index in [2.05, 4.69) is 5.32 Å². The molecule has 5 heteroatoms. The number of nitrogens with zero attached hydrogens (tertiary/aromatic N) is 1. The molecule has 0 saturated carbocycles. The van der Waals surface area contributed by atoms with Crippen LogP contribution in [0.25, 0.3) is 22.2 Å². The number of hydrogen-bond donors (Lipinski definition) is 1. The first-order valence-electron chi connectivity index (χ1n) is 8.57. The number of amides is 1. The van der Waals surface area contributed by atoms with E-state index in [4.69, 9.17) is 14.5 Å². The molecule has 26 heavy (non-hydrogen) atoms. The molecule has 0 aliphatic rings. The summed E-state index contributed by atoms with van der Waals surface area (Å²) in [5.74, 6) is 0.466. The predicted molar refractivity (Wildman–Crippen MR) is 102 cm³/mol. The summed E-state index contributed by atoms with van der Waals surface area (Å²) in [6, 6.07) is 19.6. The third kappa shape index (κ3) is 4.18. The monoisotopic (exact) mass is 350 g/mol. The number of nitrogens with one attached hydrogen (secondary N) is 1. The number of methoxy groups -OCH3 is 1. The molecule has 3 aromatic rings. The van der Waals surface area contributed by atoms with Crippen molar-refractivity contribution in [3.8, 4) is 17.0 Å². The van der Waals surface area contributed by atoms with Gasteiger partial charge in [-0.3, -0.25) is 4.79 Å². The molecule has 1 N–H and O–H groups in total. The molecule has 0 fully saturated rings. The third-order valence-corrected chi connectivity index (χ3v) is 4.03. The number of carbonyl (C=O) groups excluding carboxylic acids is 1. The second-order valence-electron chi connectivity index (χ2n) is 5.93. The van der Waals surface area contributed by atoms with E-state index in [9.17, 15) is 4.79 Å². The summed E-state index contributed by atoms with van der Waals surface area (Å²) in [5, 5.41) is 3.67. The van der Waals surface area contributed by atoms with Crippen LogP contribution in [-0.4, -0.2) is 37.3 Å². The highest BCUT2D eigenvalue weighted by molar-refractivity contribution is 5.88. The van der Waals surface area contributed by atoms with Gasteiger partial charge in [0.2, 0.25) is 0 Å². The van der Waals surface area contributed by atoms with E-state index in [-0.39, 0.29) is 5.91 Å².